The lowest BCUT2D eigenvalue weighted by atomic mass is 10.1. The lowest BCUT2D eigenvalue weighted by Crippen LogP contribution is -2.53. The van der Waals surface area contributed by atoms with Gasteiger partial charge in [0.2, 0.25) is 5.91 Å². The monoisotopic (exact) mass is 363 g/mol. The molecule has 2 saturated heterocycles. The van der Waals surface area contributed by atoms with Crippen LogP contribution in [0.4, 0.5) is 5.82 Å². The quantitative estimate of drug-likeness (QED) is 0.835. The minimum atomic E-state index is -0.0991. The van der Waals surface area contributed by atoms with Crippen LogP contribution in [-0.4, -0.2) is 73.0 Å². The van der Waals surface area contributed by atoms with Crippen LogP contribution in [-0.2, 0) is 9.53 Å². The molecule has 1 N–H and O–H groups in total. The fourth-order valence-electron chi connectivity index (χ4n) is 2.91. The third-order valence-electron chi connectivity index (χ3n) is 4.20. The molecule has 2 atom stereocenters. The highest BCUT2D eigenvalue weighted by molar-refractivity contribution is 5.85. The van der Waals surface area contributed by atoms with Gasteiger partial charge in [0.25, 0.3) is 0 Å². The van der Waals surface area contributed by atoms with Gasteiger partial charge in [0.05, 0.1) is 12.1 Å². The van der Waals surface area contributed by atoms with E-state index in [-0.39, 0.29) is 42.9 Å². The molecule has 130 valence electrons. The number of rotatable bonds is 3. The number of carbonyl (C=O) groups is 1. The van der Waals surface area contributed by atoms with Crippen molar-refractivity contribution >= 4 is 36.5 Å². The lowest BCUT2D eigenvalue weighted by molar-refractivity contribution is -0.133. The molecule has 1 aromatic rings. The van der Waals surface area contributed by atoms with Crippen LogP contribution < -0.4 is 10.2 Å². The summed E-state index contributed by atoms with van der Waals surface area (Å²) in [5.41, 5.74) is 0. The molecule has 2 aliphatic heterocycles. The fourth-order valence-corrected chi connectivity index (χ4v) is 2.91. The van der Waals surface area contributed by atoms with Crippen LogP contribution in [0.3, 0.4) is 0 Å². The Hall–Kier alpha value is -1.15. The molecule has 0 unspecified atom stereocenters. The van der Waals surface area contributed by atoms with Gasteiger partial charge in [0.15, 0.2) is 5.82 Å². The second kappa shape index (κ2) is 9.22. The van der Waals surface area contributed by atoms with E-state index in [2.05, 4.69) is 20.4 Å². The topological polar surface area (TPSA) is 70.6 Å². The largest absolute Gasteiger partial charge is 0.380 e. The minimum Gasteiger partial charge on any atom is -0.380 e. The highest BCUT2D eigenvalue weighted by atomic mass is 35.5. The maximum atomic E-state index is 12.5. The Morgan fingerprint density at radius 1 is 1.30 bits per heavy atom. The summed E-state index contributed by atoms with van der Waals surface area (Å²) in [4.78, 5) is 16.6. The number of amides is 1. The molecule has 0 aromatic carbocycles. The Morgan fingerprint density at radius 3 is 2.61 bits per heavy atom. The summed E-state index contributed by atoms with van der Waals surface area (Å²) in [7, 11) is 1.69. The SMILES string of the molecule is CO[C@@H]1CN[C@H](C(=O)N2CCN(c3cccnn3)CC2)C1.Cl.Cl. The van der Waals surface area contributed by atoms with E-state index >= 15 is 0 Å². The van der Waals surface area contributed by atoms with Crippen LogP contribution in [0.15, 0.2) is 18.3 Å². The number of nitrogens with zero attached hydrogens (tertiary/aromatic N) is 4. The molecule has 9 heteroatoms. The molecule has 3 rings (SSSR count). The molecule has 2 fully saturated rings. The van der Waals surface area contributed by atoms with Crippen molar-refractivity contribution in [2.45, 2.75) is 18.6 Å². The predicted molar refractivity (Wildman–Crippen MR) is 92.5 cm³/mol. The van der Waals surface area contributed by atoms with Gasteiger partial charge in [-0.25, -0.2) is 0 Å². The Kier molecular flexibility index (Phi) is 7.98. The Morgan fingerprint density at radius 2 is 2.04 bits per heavy atom. The van der Waals surface area contributed by atoms with Gasteiger partial charge in [0, 0.05) is 46.0 Å². The van der Waals surface area contributed by atoms with Crippen LogP contribution in [0.1, 0.15) is 6.42 Å². The average molecular weight is 364 g/mol. The van der Waals surface area contributed by atoms with E-state index in [1.54, 1.807) is 13.3 Å². The highest BCUT2D eigenvalue weighted by Gasteiger charge is 2.33. The van der Waals surface area contributed by atoms with E-state index in [0.29, 0.717) is 0 Å². The van der Waals surface area contributed by atoms with Crippen molar-refractivity contribution in [1.29, 1.82) is 0 Å². The Labute approximate surface area is 148 Å². The third kappa shape index (κ3) is 4.67. The molecule has 7 nitrogen and oxygen atoms in total. The van der Waals surface area contributed by atoms with Crippen LogP contribution in [0.25, 0.3) is 0 Å². The summed E-state index contributed by atoms with van der Waals surface area (Å²) >= 11 is 0. The second-order valence-electron chi connectivity index (χ2n) is 5.45. The summed E-state index contributed by atoms with van der Waals surface area (Å²) in [6.07, 6.45) is 2.58. The van der Waals surface area contributed by atoms with Crippen molar-refractivity contribution < 1.29 is 9.53 Å². The van der Waals surface area contributed by atoms with E-state index in [1.807, 2.05) is 17.0 Å². The summed E-state index contributed by atoms with van der Waals surface area (Å²) in [5.74, 6) is 1.07. The number of anilines is 1. The van der Waals surface area contributed by atoms with Crippen LogP contribution in [0, 0.1) is 0 Å². The molecule has 2 aliphatic rings. The summed E-state index contributed by atoms with van der Waals surface area (Å²) in [6.45, 7) is 3.80. The lowest BCUT2D eigenvalue weighted by Gasteiger charge is -2.36. The molecule has 3 heterocycles. The van der Waals surface area contributed by atoms with Crippen molar-refractivity contribution in [1.82, 2.24) is 20.4 Å². The van der Waals surface area contributed by atoms with E-state index in [1.165, 1.54) is 0 Å². The number of aromatic nitrogens is 2. The smallest absolute Gasteiger partial charge is 0.239 e. The van der Waals surface area contributed by atoms with E-state index in [9.17, 15) is 4.79 Å². The first kappa shape index (κ1) is 19.9. The van der Waals surface area contributed by atoms with Gasteiger partial charge in [-0.2, -0.15) is 5.10 Å². The van der Waals surface area contributed by atoms with Gasteiger partial charge in [-0.15, -0.1) is 29.9 Å². The van der Waals surface area contributed by atoms with Crippen molar-refractivity contribution in [3.8, 4) is 0 Å². The predicted octanol–water partition coefficient (Wildman–Crippen LogP) is 0.346. The molecular weight excluding hydrogens is 341 g/mol. The normalized spacial score (nSPS) is 23.9. The van der Waals surface area contributed by atoms with Crippen LogP contribution in [0.2, 0.25) is 0 Å². The number of carbonyl (C=O) groups excluding carboxylic acids is 1. The first-order valence-electron chi connectivity index (χ1n) is 7.35. The van der Waals surface area contributed by atoms with Gasteiger partial charge in [-0.1, -0.05) is 0 Å². The van der Waals surface area contributed by atoms with Crippen LogP contribution >= 0.6 is 24.8 Å². The standard InChI is InChI=1S/C14H21N5O2.2ClH/c1-21-11-9-12(15-10-11)14(20)19-7-5-18(6-8-19)13-3-2-4-16-17-13;;/h2-4,11-12,15H,5-10H2,1H3;2*1H/t11-,12-;;/m0../s1. The molecule has 1 amide bonds. The molecule has 1 aromatic heterocycles. The Bertz CT molecular complexity index is 485. The van der Waals surface area contributed by atoms with Gasteiger partial charge < -0.3 is 19.9 Å². The minimum absolute atomic E-state index is 0. The molecule has 0 radical (unpaired) electrons. The maximum Gasteiger partial charge on any atom is 0.239 e. The second-order valence-corrected chi connectivity index (χ2v) is 5.45. The number of hydrogen-bond acceptors (Lipinski definition) is 6. The molecule has 0 spiro atoms. The van der Waals surface area contributed by atoms with Gasteiger partial charge in [0.1, 0.15) is 0 Å². The molecule has 0 bridgehead atoms. The highest BCUT2D eigenvalue weighted by Crippen LogP contribution is 2.16. The summed E-state index contributed by atoms with van der Waals surface area (Å²) in [5, 5.41) is 11.3. The zero-order chi connectivity index (χ0) is 14.7. The van der Waals surface area contributed by atoms with Gasteiger partial charge in [-0.3, -0.25) is 4.79 Å². The number of halogens is 2. The average Bonchev–Trinajstić information content (AvgIpc) is 3.04. The molecular formula is C14H23Cl2N5O2. The zero-order valence-electron chi connectivity index (χ0n) is 13.1. The molecule has 0 aliphatic carbocycles. The van der Waals surface area contributed by atoms with Crippen molar-refractivity contribution in [2.75, 3.05) is 44.7 Å². The van der Waals surface area contributed by atoms with Gasteiger partial charge in [-0.05, 0) is 18.6 Å². The number of nitrogens with one attached hydrogen (secondary N) is 1. The fraction of sp³-hybridized carbons (Fsp3) is 0.643. The third-order valence-corrected chi connectivity index (χ3v) is 4.20. The van der Waals surface area contributed by atoms with Crippen molar-refractivity contribution in [3.05, 3.63) is 18.3 Å². The van der Waals surface area contributed by atoms with Crippen molar-refractivity contribution in [3.63, 3.8) is 0 Å². The summed E-state index contributed by atoms with van der Waals surface area (Å²) < 4.78 is 5.30. The number of hydrogen-bond donors (Lipinski definition) is 1. The van der Waals surface area contributed by atoms with E-state index in [0.717, 1.165) is 45.0 Å². The summed E-state index contributed by atoms with van der Waals surface area (Å²) in [6, 6.07) is 3.73. The first-order chi connectivity index (χ1) is 10.3. The molecule has 0 saturated carbocycles. The number of ether oxygens (including phenoxy) is 1. The Balaban J connectivity index is 0.00000132. The molecule has 23 heavy (non-hydrogen) atoms. The number of methoxy groups -OCH3 is 1. The van der Waals surface area contributed by atoms with Crippen LogP contribution in [0.5, 0.6) is 0 Å². The van der Waals surface area contributed by atoms with E-state index < -0.39 is 0 Å². The first-order valence-corrected chi connectivity index (χ1v) is 7.35. The maximum absolute atomic E-state index is 12.5. The van der Waals surface area contributed by atoms with Gasteiger partial charge >= 0.3 is 0 Å². The number of piperazine rings is 1. The zero-order valence-corrected chi connectivity index (χ0v) is 14.7. The van der Waals surface area contributed by atoms with Crippen molar-refractivity contribution in [2.24, 2.45) is 0 Å². The van der Waals surface area contributed by atoms with E-state index in [4.69, 9.17) is 4.74 Å².